The second-order valence-corrected chi connectivity index (χ2v) is 3.96. The smallest absolute Gasteiger partial charge is 0.338 e. The van der Waals surface area contributed by atoms with Gasteiger partial charge in [-0.05, 0) is 6.07 Å². The quantitative estimate of drug-likeness (QED) is 0.614. The molecule has 0 aromatic carbocycles. The number of hydrogen-bond donors (Lipinski definition) is 3. The number of amides is 1. The summed E-state index contributed by atoms with van der Waals surface area (Å²) < 4.78 is 4.47. The molecule has 6 nitrogen and oxygen atoms in total. The Balaban J connectivity index is 2.85. The van der Waals surface area contributed by atoms with Crippen molar-refractivity contribution >= 4 is 23.2 Å². The van der Waals surface area contributed by atoms with Gasteiger partial charge in [-0.25, -0.2) is 4.79 Å². The molecule has 0 radical (unpaired) electrons. The van der Waals surface area contributed by atoms with Crippen LogP contribution >= 0.6 is 11.3 Å². The average molecular weight is 245 g/mol. The fourth-order valence-electron chi connectivity index (χ4n) is 1.04. The number of aliphatic hydroxyl groups excluding tert-OH is 2. The second kappa shape index (κ2) is 5.06. The largest absolute Gasteiger partial charge is 0.465 e. The van der Waals surface area contributed by atoms with Gasteiger partial charge in [0.25, 0.3) is 0 Å². The lowest BCUT2D eigenvalue weighted by Crippen LogP contribution is -2.33. The Morgan fingerprint density at radius 3 is 2.62 bits per heavy atom. The van der Waals surface area contributed by atoms with Crippen LogP contribution in [0, 0.1) is 0 Å². The fourth-order valence-corrected chi connectivity index (χ4v) is 1.93. The molecule has 0 fully saturated rings. The maximum absolute atomic E-state index is 11.1. The molecule has 2 unspecified atom stereocenters. The molecule has 16 heavy (non-hydrogen) atoms. The van der Waals surface area contributed by atoms with E-state index in [9.17, 15) is 19.8 Å². The third-order valence-corrected chi connectivity index (χ3v) is 2.93. The molecule has 1 aromatic heterocycles. The van der Waals surface area contributed by atoms with Gasteiger partial charge in [0.15, 0.2) is 6.10 Å². The highest BCUT2D eigenvalue weighted by molar-refractivity contribution is 7.10. The normalized spacial score (nSPS) is 14.2. The molecule has 0 bridgehead atoms. The molecule has 7 heteroatoms. The fraction of sp³-hybridized carbons (Fsp3) is 0.333. The number of carbonyl (C=O) groups excluding carboxylic acids is 2. The van der Waals surface area contributed by atoms with Crippen LogP contribution in [0.4, 0.5) is 0 Å². The summed E-state index contributed by atoms with van der Waals surface area (Å²) in [4.78, 5) is 22.0. The highest BCUT2D eigenvalue weighted by Gasteiger charge is 2.25. The summed E-state index contributed by atoms with van der Waals surface area (Å²) in [6.45, 7) is 0. The Hall–Kier alpha value is -1.44. The van der Waals surface area contributed by atoms with Gasteiger partial charge in [-0.1, -0.05) is 0 Å². The van der Waals surface area contributed by atoms with Crippen molar-refractivity contribution in [2.24, 2.45) is 5.73 Å². The number of primary amides is 1. The van der Waals surface area contributed by atoms with Crippen LogP contribution in [-0.4, -0.2) is 35.3 Å². The third kappa shape index (κ3) is 2.57. The topological polar surface area (TPSA) is 110 Å². The van der Waals surface area contributed by atoms with Crippen molar-refractivity contribution in [1.29, 1.82) is 0 Å². The molecule has 1 heterocycles. The van der Waals surface area contributed by atoms with Crippen molar-refractivity contribution in [3.8, 4) is 0 Å². The van der Waals surface area contributed by atoms with Gasteiger partial charge >= 0.3 is 5.97 Å². The number of rotatable bonds is 4. The minimum absolute atomic E-state index is 0.248. The van der Waals surface area contributed by atoms with Crippen LogP contribution in [0.2, 0.25) is 0 Å². The van der Waals surface area contributed by atoms with Crippen LogP contribution in [-0.2, 0) is 9.53 Å². The molecule has 88 valence electrons. The van der Waals surface area contributed by atoms with Crippen LogP contribution in [0.25, 0.3) is 0 Å². The summed E-state index contributed by atoms with van der Waals surface area (Å²) in [6.07, 6.45) is -3.12. The van der Waals surface area contributed by atoms with E-state index in [2.05, 4.69) is 4.74 Å². The van der Waals surface area contributed by atoms with Gasteiger partial charge in [0, 0.05) is 10.3 Å². The lowest BCUT2D eigenvalue weighted by molar-refractivity contribution is -0.131. The van der Waals surface area contributed by atoms with Gasteiger partial charge < -0.3 is 20.7 Å². The molecule has 0 saturated carbocycles. The molecule has 1 aromatic rings. The highest BCUT2D eigenvalue weighted by atomic mass is 32.1. The van der Waals surface area contributed by atoms with Crippen LogP contribution in [0.15, 0.2) is 11.4 Å². The molecule has 0 spiro atoms. The summed E-state index contributed by atoms with van der Waals surface area (Å²) in [5, 5.41) is 20.2. The Labute approximate surface area is 95.3 Å². The number of ether oxygens (including phenoxy) is 1. The number of methoxy groups -OCH3 is 1. The molecule has 0 aliphatic carbocycles. The van der Waals surface area contributed by atoms with Gasteiger partial charge in [-0.2, -0.15) is 0 Å². The van der Waals surface area contributed by atoms with E-state index in [1.165, 1.54) is 18.6 Å². The molecule has 0 saturated heterocycles. The first-order valence-corrected chi connectivity index (χ1v) is 5.17. The van der Waals surface area contributed by atoms with E-state index in [0.29, 0.717) is 0 Å². The first kappa shape index (κ1) is 12.6. The zero-order chi connectivity index (χ0) is 12.3. The zero-order valence-electron chi connectivity index (χ0n) is 8.41. The van der Waals surface area contributed by atoms with Crippen LogP contribution < -0.4 is 5.73 Å². The minimum Gasteiger partial charge on any atom is -0.465 e. The van der Waals surface area contributed by atoms with Gasteiger partial charge in [0.2, 0.25) is 5.91 Å². The summed E-state index contributed by atoms with van der Waals surface area (Å²) in [5.74, 6) is -1.58. The molecule has 1 rings (SSSR count). The van der Waals surface area contributed by atoms with E-state index in [1.807, 2.05) is 0 Å². The van der Waals surface area contributed by atoms with Crippen molar-refractivity contribution < 1.29 is 24.5 Å². The van der Waals surface area contributed by atoms with E-state index in [1.54, 1.807) is 0 Å². The Kier molecular flexibility index (Phi) is 3.99. The van der Waals surface area contributed by atoms with Crippen molar-refractivity contribution in [1.82, 2.24) is 0 Å². The molecule has 2 atom stereocenters. The summed E-state index contributed by atoms with van der Waals surface area (Å²) in [6, 6.07) is 1.34. The Bertz CT molecular complexity index is 402. The lowest BCUT2D eigenvalue weighted by atomic mass is 10.1. The molecular formula is C9H11NO5S. The third-order valence-electron chi connectivity index (χ3n) is 1.92. The Morgan fingerprint density at radius 1 is 1.50 bits per heavy atom. The number of aliphatic hydroxyl groups is 2. The van der Waals surface area contributed by atoms with Crippen LogP contribution in [0.1, 0.15) is 21.3 Å². The SMILES string of the molecule is COC(=O)c1csc(C(O)C(O)C(N)=O)c1. The number of esters is 1. The predicted molar refractivity (Wildman–Crippen MR) is 55.8 cm³/mol. The molecular weight excluding hydrogens is 234 g/mol. The first-order chi connectivity index (χ1) is 7.47. The highest BCUT2D eigenvalue weighted by Crippen LogP contribution is 2.25. The van der Waals surface area contributed by atoms with E-state index in [-0.39, 0.29) is 10.4 Å². The summed E-state index contributed by atoms with van der Waals surface area (Å²) in [7, 11) is 1.23. The Morgan fingerprint density at radius 2 is 2.12 bits per heavy atom. The average Bonchev–Trinajstić information content (AvgIpc) is 2.75. The maximum atomic E-state index is 11.1. The zero-order valence-corrected chi connectivity index (χ0v) is 9.23. The van der Waals surface area contributed by atoms with E-state index < -0.39 is 24.1 Å². The lowest BCUT2D eigenvalue weighted by Gasteiger charge is -2.12. The monoisotopic (exact) mass is 245 g/mol. The number of hydrogen-bond acceptors (Lipinski definition) is 6. The van der Waals surface area contributed by atoms with E-state index in [4.69, 9.17) is 5.73 Å². The maximum Gasteiger partial charge on any atom is 0.338 e. The van der Waals surface area contributed by atoms with Crippen molar-refractivity contribution in [2.45, 2.75) is 12.2 Å². The summed E-state index contributed by atoms with van der Waals surface area (Å²) >= 11 is 1.03. The van der Waals surface area contributed by atoms with Crippen molar-refractivity contribution in [3.63, 3.8) is 0 Å². The van der Waals surface area contributed by atoms with Crippen LogP contribution in [0.3, 0.4) is 0 Å². The van der Waals surface area contributed by atoms with Gasteiger partial charge in [0.1, 0.15) is 6.10 Å². The number of carbonyl (C=O) groups is 2. The van der Waals surface area contributed by atoms with Crippen LogP contribution in [0.5, 0.6) is 0 Å². The number of thiophene rings is 1. The van der Waals surface area contributed by atoms with Crippen molar-refractivity contribution in [3.05, 3.63) is 21.9 Å². The number of nitrogens with two attached hydrogens (primary N) is 1. The first-order valence-electron chi connectivity index (χ1n) is 4.29. The minimum atomic E-state index is -1.69. The van der Waals surface area contributed by atoms with Gasteiger partial charge in [-0.15, -0.1) is 11.3 Å². The van der Waals surface area contributed by atoms with Gasteiger partial charge in [-0.3, -0.25) is 4.79 Å². The van der Waals surface area contributed by atoms with Crippen molar-refractivity contribution in [2.75, 3.05) is 7.11 Å². The van der Waals surface area contributed by atoms with E-state index in [0.717, 1.165) is 11.3 Å². The van der Waals surface area contributed by atoms with Gasteiger partial charge in [0.05, 0.1) is 12.7 Å². The molecule has 0 aliphatic heterocycles. The molecule has 0 aliphatic rings. The van der Waals surface area contributed by atoms with E-state index >= 15 is 0 Å². The molecule has 1 amide bonds. The summed E-state index contributed by atoms with van der Waals surface area (Å²) in [5.41, 5.74) is 5.08. The molecule has 4 N–H and O–H groups in total. The second-order valence-electron chi connectivity index (χ2n) is 3.02. The predicted octanol–water partition coefficient (Wildman–Crippen LogP) is -0.586. The standard InChI is InChI=1S/C9H11NO5S/c1-15-9(14)4-2-5(16-3-4)6(11)7(12)8(10)13/h2-3,6-7,11-12H,1H3,(H2,10,13).